The first-order valence-electron chi connectivity index (χ1n) is 47.2. The Balaban J connectivity index is -0.000000131. The van der Waals surface area contributed by atoms with E-state index in [4.69, 9.17) is 57.5 Å². The number of ketones is 1. The molecule has 0 unspecified atom stereocenters. The summed E-state index contributed by atoms with van der Waals surface area (Å²) in [6.45, 7) is 70.4. The first-order valence-corrected chi connectivity index (χ1v) is 56.9. The van der Waals surface area contributed by atoms with E-state index in [1.807, 2.05) is 150 Å². The fraction of sp³-hybridized carbons (Fsp3) is 0.900. The summed E-state index contributed by atoms with van der Waals surface area (Å²) in [6, 6.07) is 10.4. The number of amides is 3. The maximum absolute atomic E-state index is 11.8. The summed E-state index contributed by atoms with van der Waals surface area (Å²) >= 11 is 17.1. The van der Waals surface area contributed by atoms with Crippen LogP contribution in [0.25, 0.3) is 0 Å². The highest BCUT2D eigenvalue weighted by Gasteiger charge is 2.15. The van der Waals surface area contributed by atoms with Gasteiger partial charge in [0.05, 0.1) is 93.8 Å². The molecule has 27 nitrogen and oxygen atoms in total. The summed E-state index contributed by atoms with van der Waals surface area (Å²) in [5, 5.41) is 29.5. The molecular formula is C100H221N11O16S9. The van der Waals surface area contributed by atoms with Crippen LogP contribution < -0.4 is 21.3 Å². The van der Waals surface area contributed by atoms with Crippen LogP contribution >= 0.6 is 106 Å². The molecule has 0 fully saturated rings. The third kappa shape index (κ3) is 124. The number of hydrogen-bond acceptors (Lipinski definition) is 33. The standard InChI is InChI=1S/C17H28N2O2S.C14H30N2O4S.C14H30N2O3S.C14H31NO3S2.C13H27NO2S.C11H26N2OS.C11H25NOS2.6CH4/c1-13(2)19(5)21-12-15-6-8-16(9-7-15)18-17(20)10-11-22-14(3)4;1-12(2)16(18-5)11-20-8-7-19-10-15-14(17)6-9-21-13(3)4;1-12(2)16(5)19-10-9-18-8-7-15-14(17)6-11-20-13(3)4;1-13(2)15(16-5)11-17-7-8-18-12-19-9-6-10-20-14(3)4;1-11(2)14(5)16-9-6-7-13(15)8-10-17-12(3)4;1-10(2)13(14-5)8-6-12-7-9-15-11(3)4;1-10(2)12(13-5)6-7-14-8-9-15-11(3)4;;;;;;/h6-9,13-14H,10-12H2,1-5H3,(H,18,20);12-13H,6-11H2,1-5H3,(H,15,17);12-13H,6-11H2,1-5H3,(H,15,17);13-14H,6-12H2,1-5H3;11-12H,6-10H2,1-5H3;10-12H,6-9H2,1-5H3;10-11H,6-9H2,1-5H3;6*1H4. The number of thioether (sulfide) groups is 9. The Morgan fingerprint density at radius 3 is 1.14 bits per heavy atom. The van der Waals surface area contributed by atoms with Gasteiger partial charge in [0, 0.05) is 180 Å². The van der Waals surface area contributed by atoms with E-state index in [2.05, 4.69) is 201 Å². The number of nitrogens with one attached hydrogen (secondary N) is 4. The fourth-order valence-corrected chi connectivity index (χ4v) is 16.5. The number of nitrogens with zero attached hydrogens (tertiary/aromatic N) is 7. The molecule has 36 heteroatoms. The smallest absolute Gasteiger partial charge is 0.225 e. The van der Waals surface area contributed by atoms with Crippen LogP contribution in [0.1, 0.15) is 289 Å². The molecule has 1 rings (SSSR count). The molecule has 0 atom stereocenters. The van der Waals surface area contributed by atoms with Crippen molar-refractivity contribution in [1.29, 1.82) is 0 Å². The van der Waals surface area contributed by atoms with E-state index in [1.165, 1.54) is 35.2 Å². The fourth-order valence-electron chi connectivity index (χ4n) is 9.12. The second-order valence-electron chi connectivity index (χ2n) is 33.7. The molecule has 0 aliphatic rings. The van der Waals surface area contributed by atoms with Crippen LogP contribution in [-0.2, 0) is 83.3 Å². The summed E-state index contributed by atoms with van der Waals surface area (Å²) in [5.74, 6) is 12.1. The number of hydroxylamine groups is 14. The van der Waals surface area contributed by atoms with E-state index < -0.39 is 0 Å². The van der Waals surface area contributed by atoms with E-state index in [-0.39, 0.29) is 75.1 Å². The van der Waals surface area contributed by atoms with Gasteiger partial charge in [-0.3, -0.25) is 43.4 Å². The van der Waals surface area contributed by atoms with Crippen molar-refractivity contribution in [2.75, 3.05) is 224 Å². The molecule has 0 aromatic heterocycles. The summed E-state index contributed by atoms with van der Waals surface area (Å²) < 4.78 is 27.1. The molecule has 826 valence electrons. The lowest BCUT2D eigenvalue weighted by molar-refractivity contribution is -0.208. The molecule has 0 spiro atoms. The zero-order chi connectivity index (χ0) is 99.8. The number of hydrogen-bond donors (Lipinski definition) is 4. The van der Waals surface area contributed by atoms with Crippen LogP contribution in [-0.4, -0.2) is 357 Å². The molecule has 136 heavy (non-hydrogen) atoms. The first-order chi connectivity index (χ1) is 61.4. The highest BCUT2D eigenvalue weighted by Crippen LogP contribution is 2.19. The maximum Gasteiger partial charge on any atom is 0.225 e. The van der Waals surface area contributed by atoms with Crippen LogP contribution in [0.3, 0.4) is 0 Å². The molecule has 1 aromatic carbocycles. The lowest BCUT2D eigenvalue weighted by Gasteiger charge is -2.23. The van der Waals surface area contributed by atoms with Crippen molar-refractivity contribution in [3.63, 3.8) is 0 Å². The monoisotopic (exact) mass is 2120 g/mol. The van der Waals surface area contributed by atoms with Gasteiger partial charge in [0.25, 0.3) is 0 Å². The van der Waals surface area contributed by atoms with Crippen LogP contribution in [0.4, 0.5) is 5.69 Å². The van der Waals surface area contributed by atoms with Gasteiger partial charge in [-0.15, -0.1) is 11.8 Å². The molecule has 0 saturated heterocycles. The summed E-state index contributed by atoms with van der Waals surface area (Å²) in [6.07, 6.45) is 5.07. The van der Waals surface area contributed by atoms with Gasteiger partial charge in [-0.25, -0.2) is 0 Å². The van der Waals surface area contributed by atoms with Gasteiger partial charge in [-0.2, -0.15) is 130 Å². The van der Waals surface area contributed by atoms with Crippen LogP contribution in [0.5, 0.6) is 0 Å². The lowest BCUT2D eigenvalue weighted by atomic mass is 10.2. The van der Waals surface area contributed by atoms with Gasteiger partial charge in [-0.1, -0.05) is 154 Å². The number of anilines is 1. The number of Topliss-reactive ketones (excluding diaryl/α,β-unsaturated/α-hetero) is 1. The van der Waals surface area contributed by atoms with Gasteiger partial charge in [0.15, 0.2) is 0 Å². The topological polar surface area (TPSA) is 250 Å². The quantitative estimate of drug-likeness (QED) is 0.0269. The molecule has 1 aromatic rings. The zero-order valence-corrected chi connectivity index (χ0v) is 95.8. The number of rotatable bonds is 76. The maximum atomic E-state index is 11.8. The van der Waals surface area contributed by atoms with Crippen molar-refractivity contribution >= 4 is 135 Å². The van der Waals surface area contributed by atoms with Gasteiger partial charge in [0.2, 0.25) is 17.7 Å². The summed E-state index contributed by atoms with van der Waals surface area (Å²) in [4.78, 5) is 83.6. The molecule has 4 N–H and O–H groups in total. The third-order valence-corrected chi connectivity index (χ3v) is 27.2. The minimum absolute atomic E-state index is 0. The number of carbonyl (C=O) groups excluding carboxylic acids is 4. The molecule has 0 heterocycles. The van der Waals surface area contributed by atoms with Crippen molar-refractivity contribution in [1.82, 2.24) is 51.4 Å². The summed E-state index contributed by atoms with van der Waals surface area (Å²) in [7, 11) is 12.5. The van der Waals surface area contributed by atoms with Crippen LogP contribution in [0.15, 0.2) is 24.3 Å². The second kappa shape index (κ2) is 115. The van der Waals surface area contributed by atoms with Gasteiger partial charge in [-0.05, 0) is 176 Å². The molecule has 0 aliphatic carbocycles. The Hall–Kier alpha value is -0.350. The second-order valence-corrected chi connectivity index (χ2v) is 47.8. The Kier molecular flexibility index (Phi) is 136. The summed E-state index contributed by atoms with van der Waals surface area (Å²) in [5.41, 5.74) is 1.92. The number of benzene rings is 1. The van der Waals surface area contributed by atoms with Crippen molar-refractivity contribution in [3.05, 3.63) is 29.8 Å². The number of ether oxygens (including phenoxy) is 5. The Bertz CT molecular complexity index is 2560. The minimum Gasteiger partial charge on any atom is -0.377 e. The normalized spacial score (nSPS) is 11.2. The molecular weight excluding hydrogens is 1900 g/mol. The molecule has 0 saturated carbocycles. The van der Waals surface area contributed by atoms with Crippen molar-refractivity contribution < 1.29 is 76.7 Å². The van der Waals surface area contributed by atoms with E-state index in [1.54, 1.807) is 78.9 Å². The number of carbonyl (C=O) groups is 4. The molecule has 0 bridgehead atoms. The van der Waals surface area contributed by atoms with Crippen molar-refractivity contribution in [2.45, 2.75) is 369 Å². The van der Waals surface area contributed by atoms with Gasteiger partial charge >= 0.3 is 0 Å². The third-order valence-electron chi connectivity index (χ3n) is 17.2. The average molecular weight is 2120 g/mol. The molecule has 0 radical (unpaired) electrons. The van der Waals surface area contributed by atoms with Gasteiger partial charge in [0.1, 0.15) is 26.0 Å². The predicted molar refractivity (Wildman–Crippen MR) is 615 cm³/mol. The predicted octanol–water partition coefficient (Wildman–Crippen LogP) is 23.3. The average Bonchev–Trinajstić information content (AvgIpc) is 0.894. The minimum atomic E-state index is 0. The van der Waals surface area contributed by atoms with E-state index in [0.717, 1.165) is 94.3 Å². The van der Waals surface area contributed by atoms with E-state index in [0.29, 0.717) is 175 Å². The van der Waals surface area contributed by atoms with E-state index in [9.17, 15) is 19.2 Å². The van der Waals surface area contributed by atoms with Crippen molar-refractivity contribution in [3.8, 4) is 0 Å². The van der Waals surface area contributed by atoms with E-state index >= 15 is 0 Å². The van der Waals surface area contributed by atoms with Crippen LogP contribution in [0, 0.1) is 0 Å². The largest absolute Gasteiger partial charge is 0.377 e. The Morgan fingerprint density at radius 1 is 0.316 bits per heavy atom. The highest BCUT2D eigenvalue weighted by molar-refractivity contribution is 8.03. The lowest BCUT2D eigenvalue weighted by Crippen LogP contribution is -2.36. The van der Waals surface area contributed by atoms with Crippen LogP contribution in [0.2, 0.25) is 0 Å². The van der Waals surface area contributed by atoms with Gasteiger partial charge < -0.3 is 54.6 Å². The zero-order valence-electron chi connectivity index (χ0n) is 88.5. The molecule has 3 amide bonds. The Morgan fingerprint density at radius 2 is 0.699 bits per heavy atom. The Labute approximate surface area is 879 Å². The highest BCUT2D eigenvalue weighted by atomic mass is 32.2. The first kappa shape index (κ1) is 161. The SMILES string of the molecule is C.C.C.C.C.C.CC(C)SCCC(=O)CCCON(C)C(C)C.CC(C)SCCC(=O)NCCOCCON(C)C(C)C.CC(C)SCCC(=O)Nc1ccc(CON(C)C(C)C)cc1.CON(CCNCCSC(C)C)C(C)C.CON(CCSCCSC(C)C)C(C)C.CON(COCCOCNC(=O)CCSC(C)C)C(C)C.CON(COCCOCSCCCSC(C)C)C(C)C. The molecule has 0 aliphatic heterocycles. The van der Waals surface area contributed by atoms with Crippen molar-refractivity contribution in [2.24, 2.45) is 0 Å².